The van der Waals surface area contributed by atoms with E-state index in [9.17, 15) is 4.79 Å². The van der Waals surface area contributed by atoms with E-state index >= 15 is 0 Å². The van der Waals surface area contributed by atoms with Gasteiger partial charge < -0.3 is 19.1 Å². The zero-order valence-corrected chi connectivity index (χ0v) is 11.3. The van der Waals surface area contributed by atoms with E-state index in [1.54, 1.807) is 6.33 Å². The Kier molecular flexibility index (Phi) is 4.39. The molecule has 0 radical (unpaired) electrons. The van der Waals surface area contributed by atoms with Gasteiger partial charge in [-0.2, -0.15) is 0 Å². The van der Waals surface area contributed by atoms with Gasteiger partial charge in [0.1, 0.15) is 6.33 Å². The maximum absolute atomic E-state index is 11.7. The molecule has 2 aromatic heterocycles. The normalized spacial score (nSPS) is 10.4. The summed E-state index contributed by atoms with van der Waals surface area (Å²) in [6.07, 6.45) is 1.63. The van der Waals surface area contributed by atoms with E-state index in [1.807, 2.05) is 11.6 Å². The molecule has 0 aliphatic carbocycles. The van der Waals surface area contributed by atoms with Gasteiger partial charge >= 0.3 is 0 Å². The largest absolute Gasteiger partial charge is 0.479 e. The standard InChI is InChI=1S/C10H13N5O3S/c1-15-6-12-13-10(15)19-4-3-11-9(16)7-5-8(17-2)14-18-7/h5-6H,3-4H2,1-2H3,(H,11,16). The number of nitrogens with one attached hydrogen (secondary N) is 1. The van der Waals surface area contributed by atoms with E-state index in [2.05, 4.69) is 20.7 Å². The van der Waals surface area contributed by atoms with E-state index in [1.165, 1.54) is 24.9 Å². The fourth-order valence-corrected chi connectivity index (χ4v) is 2.00. The SMILES string of the molecule is COc1cc(C(=O)NCCSc2nncn2C)on1. The molecule has 0 saturated heterocycles. The lowest BCUT2D eigenvalue weighted by Crippen LogP contribution is -2.25. The van der Waals surface area contributed by atoms with Gasteiger partial charge in [0.15, 0.2) is 5.16 Å². The summed E-state index contributed by atoms with van der Waals surface area (Å²) in [5.74, 6) is 0.761. The number of aromatic nitrogens is 4. The summed E-state index contributed by atoms with van der Waals surface area (Å²) in [5.41, 5.74) is 0. The molecule has 9 heteroatoms. The first-order chi connectivity index (χ1) is 9.20. The first-order valence-corrected chi connectivity index (χ1v) is 6.45. The second-order valence-corrected chi connectivity index (χ2v) is 4.62. The van der Waals surface area contributed by atoms with Crippen LogP contribution in [0.15, 0.2) is 22.1 Å². The van der Waals surface area contributed by atoms with Gasteiger partial charge in [-0.1, -0.05) is 11.8 Å². The van der Waals surface area contributed by atoms with Gasteiger partial charge in [0.05, 0.1) is 13.2 Å². The molecular weight excluding hydrogens is 270 g/mol. The predicted molar refractivity (Wildman–Crippen MR) is 67.1 cm³/mol. The highest BCUT2D eigenvalue weighted by Gasteiger charge is 2.12. The highest BCUT2D eigenvalue weighted by molar-refractivity contribution is 7.99. The van der Waals surface area contributed by atoms with Crippen molar-refractivity contribution >= 4 is 17.7 Å². The molecule has 102 valence electrons. The molecule has 0 aliphatic rings. The van der Waals surface area contributed by atoms with Crippen LogP contribution in [0.25, 0.3) is 0 Å². The summed E-state index contributed by atoms with van der Waals surface area (Å²) in [5, 5.41) is 14.8. The number of carbonyl (C=O) groups is 1. The number of rotatable bonds is 6. The lowest BCUT2D eigenvalue weighted by Gasteiger charge is -2.02. The smallest absolute Gasteiger partial charge is 0.290 e. The molecule has 8 nitrogen and oxygen atoms in total. The van der Waals surface area contributed by atoms with Crippen LogP contribution in [0.3, 0.4) is 0 Å². The van der Waals surface area contributed by atoms with E-state index < -0.39 is 0 Å². The lowest BCUT2D eigenvalue weighted by atomic mass is 10.4. The highest BCUT2D eigenvalue weighted by atomic mass is 32.2. The van der Waals surface area contributed by atoms with Gasteiger partial charge in [0.25, 0.3) is 11.8 Å². The molecule has 19 heavy (non-hydrogen) atoms. The Labute approximate surface area is 113 Å². The summed E-state index contributed by atoms with van der Waals surface area (Å²) >= 11 is 1.50. The van der Waals surface area contributed by atoms with Gasteiger partial charge in [-0.15, -0.1) is 10.2 Å². The number of amides is 1. The van der Waals surface area contributed by atoms with Crippen LogP contribution in [-0.2, 0) is 7.05 Å². The van der Waals surface area contributed by atoms with Crippen LogP contribution in [0.1, 0.15) is 10.6 Å². The quantitative estimate of drug-likeness (QED) is 0.603. The number of ether oxygens (including phenoxy) is 1. The Hall–Kier alpha value is -2.03. The van der Waals surface area contributed by atoms with Crippen molar-refractivity contribution in [1.82, 2.24) is 25.2 Å². The third-order valence-electron chi connectivity index (χ3n) is 2.21. The summed E-state index contributed by atoms with van der Waals surface area (Å²) in [4.78, 5) is 11.7. The fraction of sp³-hybridized carbons (Fsp3) is 0.400. The molecule has 2 rings (SSSR count). The highest BCUT2D eigenvalue weighted by Crippen LogP contribution is 2.12. The maximum Gasteiger partial charge on any atom is 0.290 e. The number of hydrogen-bond donors (Lipinski definition) is 1. The average Bonchev–Trinajstić information content (AvgIpc) is 3.03. The molecule has 2 aromatic rings. The summed E-state index contributed by atoms with van der Waals surface area (Å²) in [7, 11) is 3.32. The number of aryl methyl sites for hydroxylation is 1. The first kappa shape index (κ1) is 13.4. The number of nitrogens with zero attached hydrogens (tertiary/aromatic N) is 4. The molecule has 2 heterocycles. The first-order valence-electron chi connectivity index (χ1n) is 5.46. The number of hydrogen-bond acceptors (Lipinski definition) is 7. The Morgan fingerprint density at radius 3 is 3.11 bits per heavy atom. The maximum atomic E-state index is 11.7. The molecule has 0 aliphatic heterocycles. The van der Waals surface area contributed by atoms with E-state index in [4.69, 9.17) is 9.26 Å². The minimum absolute atomic E-state index is 0.125. The van der Waals surface area contributed by atoms with Crippen molar-refractivity contribution in [2.75, 3.05) is 19.4 Å². The molecule has 1 N–H and O–H groups in total. The zero-order valence-electron chi connectivity index (χ0n) is 10.5. The van der Waals surface area contributed by atoms with Crippen LogP contribution in [-0.4, -0.2) is 45.2 Å². The van der Waals surface area contributed by atoms with Crippen molar-refractivity contribution < 1.29 is 14.1 Å². The van der Waals surface area contributed by atoms with Gasteiger partial charge in [-0.05, 0) is 5.16 Å². The fourth-order valence-electron chi connectivity index (χ4n) is 1.26. The van der Waals surface area contributed by atoms with Gasteiger partial charge in [-0.25, -0.2) is 0 Å². The number of carbonyl (C=O) groups excluding carboxylic acids is 1. The van der Waals surface area contributed by atoms with Crippen molar-refractivity contribution in [3.05, 3.63) is 18.2 Å². The van der Waals surface area contributed by atoms with Crippen molar-refractivity contribution in [1.29, 1.82) is 0 Å². The molecule has 0 atom stereocenters. The minimum atomic E-state index is -0.325. The lowest BCUT2D eigenvalue weighted by molar-refractivity contribution is 0.0919. The van der Waals surface area contributed by atoms with Crippen LogP contribution in [0.5, 0.6) is 5.88 Å². The predicted octanol–water partition coefficient (Wildman–Crippen LogP) is 0.334. The Morgan fingerprint density at radius 1 is 1.63 bits per heavy atom. The second kappa shape index (κ2) is 6.23. The molecule has 0 spiro atoms. The number of thioether (sulfide) groups is 1. The van der Waals surface area contributed by atoms with Gasteiger partial charge in [0, 0.05) is 19.3 Å². The molecule has 0 unspecified atom stereocenters. The van der Waals surface area contributed by atoms with E-state index in [0.717, 1.165) is 5.16 Å². The Balaban J connectivity index is 1.73. The van der Waals surface area contributed by atoms with Gasteiger partial charge in [-0.3, -0.25) is 4.79 Å². The average molecular weight is 283 g/mol. The van der Waals surface area contributed by atoms with Crippen molar-refractivity contribution in [2.45, 2.75) is 5.16 Å². The second-order valence-electron chi connectivity index (χ2n) is 3.56. The molecule has 0 aromatic carbocycles. The third-order valence-corrected chi connectivity index (χ3v) is 3.25. The minimum Gasteiger partial charge on any atom is -0.479 e. The number of methoxy groups -OCH3 is 1. The van der Waals surface area contributed by atoms with Crippen LogP contribution < -0.4 is 10.1 Å². The van der Waals surface area contributed by atoms with Crippen molar-refractivity contribution in [2.24, 2.45) is 7.05 Å². The van der Waals surface area contributed by atoms with E-state index in [-0.39, 0.29) is 17.5 Å². The van der Waals surface area contributed by atoms with Crippen LogP contribution in [0.4, 0.5) is 0 Å². The Bertz CT molecular complexity index is 553. The van der Waals surface area contributed by atoms with Gasteiger partial charge in [0.2, 0.25) is 5.76 Å². The van der Waals surface area contributed by atoms with Crippen LogP contribution >= 0.6 is 11.8 Å². The topological polar surface area (TPSA) is 95.1 Å². The third kappa shape index (κ3) is 3.47. The molecule has 0 saturated carbocycles. The van der Waals surface area contributed by atoms with Crippen LogP contribution in [0.2, 0.25) is 0 Å². The Morgan fingerprint density at radius 2 is 2.47 bits per heavy atom. The zero-order chi connectivity index (χ0) is 13.7. The monoisotopic (exact) mass is 283 g/mol. The molecule has 1 amide bonds. The van der Waals surface area contributed by atoms with Crippen molar-refractivity contribution in [3.8, 4) is 5.88 Å². The summed E-state index contributed by atoms with van der Waals surface area (Å²) in [6, 6.07) is 1.44. The molecule has 0 bridgehead atoms. The molecular formula is C10H13N5O3S. The molecule has 0 fully saturated rings. The summed E-state index contributed by atoms with van der Waals surface area (Å²) < 4.78 is 11.5. The van der Waals surface area contributed by atoms with Crippen molar-refractivity contribution in [3.63, 3.8) is 0 Å². The van der Waals surface area contributed by atoms with Crippen LogP contribution in [0, 0.1) is 0 Å². The van der Waals surface area contributed by atoms with E-state index in [0.29, 0.717) is 12.3 Å². The summed E-state index contributed by atoms with van der Waals surface area (Å²) in [6.45, 7) is 0.485.